The van der Waals surface area contributed by atoms with Crippen LogP contribution in [-0.4, -0.2) is 29.0 Å². The van der Waals surface area contributed by atoms with Crippen LogP contribution in [0.2, 0.25) is 0 Å². The summed E-state index contributed by atoms with van der Waals surface area (Å²) in [6.45, 7) is 8.41. The van der Waals surface area contributed by atoms with Gasteiger partial charge in [0.1, 0.15) is 5.60 Å². The van der Waals surface area contributed by atoms with Crippen molar-refractivity contribution in [2.45, 2.75) is 58.0 Å². The minimum atomic E-state index is -0.533. The van der Waals surface area contributed by atoms with Crippen LogP contribution in [0.5, 0.6) is 0 Å². The van der Waals surface area contributed by atoms with E-state index in [2.05, 4.69) is 24.4 Å². The van der Waals surface area contributed by atoms with Gasteiger partial charge < -0.3 is 10.1 Å². The molecule has 1 aromatic carbocycles. The molecule has 1 N–H and O–H groups in total. The Morgan fingerprint density at radius 3 is 2.69 bits per heavy atom. The predicted octanol–water partition coefficient (Wildman–Crippen LogP) is 4.29. The molecule has 138 valence electrons. The summed E-state index contributed by atoms with van der Waals surface area (Å²) in [4.78, 5) is 26.8. The maximum atomic E-state index is 12.8. The van der Waals surface area contributed by atoms with Gasteiger partial charge >= 0.3 is 6.09 Å². The lowest BCUT2D eigenvalue weighted by Crippen LogP contribution is -2.39. The lowest BCUT2D eigenvalue weighted by atomic mass is 9.93. The fraction of sp³-hybridized carbons (Fsp3) is 0.524. The van der Waals surface area contributed by atoms with Crippen LogP contribution in [0.15, 0.2) is 24.3 Å². The molecule has 2 aliphatic heterocycles. The molecule has 26 heavy (non-hydrogen) atoms. The molecule has 4 rings (SSSR count). The van der Waals surface area contributed by atoms with Crippen molar-refractivity contribution in [3.63, 3.8) is 0 Å². The number of hydrogen-bond acceptors (Lipinski definition) is 3. The Balaban J connectivity index is 1.69. The quantitative estimate of drug-likeness (QED) is 0.818. The van der Waals surface area contributed by atoms with E-state index in [1.807, 2.05) is 32.9 Å². The number of carbonyl (C=O) groups excluding carboxylic acids is 2. The molecule has 1 unspecified atom stereocenters. The molecular formula is C21H26N2O3. The molecule has 5 heteroatoms. The monoisotopic (exact) mass is 354 g/mol. The molecule has 2 heterocycles. The van der Waals surface area contributed by atoms with Crippen LogP contribution in [0.25, 0.3) is 5.70 Å². The van der Waals surface area contributed by atoms with Crippen LogP contribution >= 0.6 is 0 Å². The van der Waals surface area contributed by atoms with Gasteiger partial charge in [0.25, 0.3) is 0 Å². The van der Waals surface area contributed by atoms with Crippen molar-refractivity contribution in [3.05, 3.63) is 35.4 Å². The fourth-order valence-electron chi connectivity index (χ4n) is 3.87. The largest absolute Gasteiger partial charge is 0.443 e. The van der Waals surface area contributed by atoms with Crippen LogP contribution in [-0.2, 0) is 14.9 Å². The van der Waals surface area contributed by atoms with Crippen molar-refractivity contribution in [2.24, 2.45) is 5.92 Å². The number of hydrogen-bond donors (Lipinski definition) is 1. The Morgan fingerprint density at radius 1 is 1.31 bits per heavy atom. The van der Waals surface area contributed by atoms with E-state index < -0.39 is 5.60 Å². The number of carbonyl (C=O) groups is 2. The van der Waals surface area contributed by atoms with Crippen molar-refractivity contribution in [1.82, 2.24) is 4.90 Å². The molecule has 1 spiro atoms. The van der Waals surface area contributed by atoms with Gasteiger partial charge in [0.2, 0.25) is 5.91 Å². The number of nitrogens with zero attached hydrogens (tertiary/aromatic N) is 1. The van der Waals surface area contributed by atoms with E-state index in [-0.39, 0.29) is 17.4 Å². The first-order chi connectivity index (χ1) is 12.2. The fourth-order valence-corrected chi connectivity index (χ4v) is 3.87. The summed E-state index contributed by atoms with van der Waals surface area (Å²) in [6, 6.07) is 6.03. The number of ether oxygens (including phenoxy) is 1. The lowest BCUT2D eigenvalue weighted by Gasteiger charge is -2.34. The van der Waals surface area contributed by atoms with E-state index in [0.717, 1.165) is 41.8 Å². The summed E-state index contributed by atoms with van der Waals surface area (Å²) < 4.78 is 5.62. The zero-order valence-electron chi connectivity index (χ0n) is 15.9. The van der Waals surface area contributed by atoms with Gasteiger partial charge in [-0.3, -0.25) is 9.69 Å². The van der Waals surface area contributed by atoms with Crippen LogP contribution in [0.1, 0.15) is 58.1 Å². The number of rotatable bonds is 1. The molecule has 1 saturated carbocycles. The molecule has 5 nitrogen and oxygen atoms in total. The van der Waals surface area contributed by atoms with Crippen molar-refractivity contribution < 1.29 is 14.3 Å². The van der Waals surface area contributed by atoms with Gasteiger partial charge in [0, 0.05) is 12.2 Å². The molecule has 1 atom stereocenters. The normalized spacial score (nSPS) is 23.4. The number of nitrogens with one attached hydrogen (secondary N) is 1. The van der Waals surface area contributed by atoms with E-state index >= 15 is 0 Å². The number of benzene rings is 1. The lowest BCUT2D eigenvalue weighted by molar-refractivity contribution is -0.117. The molecule has 0 radical (unpaired) electrons. The van der Waals surface area contributed by atoms with Gasteiger partial charge in [-0.1, -0.05) is 19.1 Å². The molecule has 2 amide bonds. The molecule has 1 aliphatic carbocycles. The highest BCUT2D eigenvalue weighted by atomic mass is 16.6. The van der Waals surface area contributed by atoms with Gasteiger partial charge in [-0.25, -0.2) is 4.79 Å². The van der Waals surface area contributed by atoms with Crippen LogP contribution < -0.4 is 5.32 Å². The van der Waals surface area contributed by atoms with Crippen molar-refractivity contribution in [1.29, 1.82) is 0 Å². The number of amides is 2. The zero-order chi connectivity index (χ0) is 18.7. The maximum absolute atomic E-state index is 12.8. The molecule has 0 saturated heterocycles. The molecule has 1 fully saturated rings. The summed E-state index contributed by atoms with van der Waals surface area (Å²) >= 11 is 0. The topological polar surface area (TPSA) is 58.6 Å². The highest BCUT2D eigenvalue weighted by molar-refractivity contribution is 6.08. The highest BCUT2D eigenvalue weighted by Gasteiger charge is 2.56. The Morgan fingerprint density at radius 2 is 2.04 bits per heavy atom. The second kappa shape index (κ2) is 5.60. The molecule has 1 aromatic rings. The van der Waals surface area contributed by atoms with Crippen molar-refractivity contribution >= 4 is 23.4 Å². The number of allylic oxidation sites excluding steroid dienone is 1. The van der Waals surface area contributed by atoms with Crippen LogP contribution in [0.4, 0.5) is 10.5 Å². The molecule has 0 bridgehead atoms. The van der Waals surface area contributed by atoms with Crippen molar-refractivity contribution in [2.75, 3.05) is 11.9 Å². The summed E-state index contributed by atoms with van der Waals surface area (Å²) in [5.41, 5.74) is 2.98. The first kappa shape index (κ1) is 17.1. The summed E-state index contributed by atoms with van der Waals surface area (Å²) in [5.74, 6) is 0.499. The Hall–Kier alpha value is -2.30. The van der Waals surface area contributed by atoms with Gasteiger partial charge in [0.15, 0.2) is 0 Å². The van der Waals surface area contributed by atoms with Gasteiger partial charge in [-0.05, 0) is 69.2 Å². The van der Waals surface area contributed by atoms with E-state index in [0.29, 0.717) is 12.5 Å². The third kappa shape index (κ3) is 2.79. The average molecular weight is 354 g/mol. The van der Waals surface area contributed by atoms with E-state index in [1.165, 1.54) is 0 Å². The Bertz CT molecular complexity index is 815. The first-order valence-electron chi connectivity index (χ1n) is 9.37. The summed E-state index contributed by atoms with van der Waals surface area (Å²) in [7, 11) is 0. The molecule has 3 aliphatic rings. The third-order valence-electron chi connectivity index (χ3n) is 5.38. The van der Waals surface area contributed by atoms with E-state index in [1.54, 1.807) is 4.90 Å². The smallest absolute Gasteiger partial charge is 0.414 e. The minimum absolute atomic E-state index is 0.111. The predicted molar refractivity (Wildman–Crippen MR) is 101 cm³/mol. The second-order valence-electron chi connectivity index (χ2n) is 8.82. The summed E-state index contributed by atoms with van der Waals surface area (Å²) in [5, 5.41) is 2.99. The third-order valence-corrected chi connectivity index (χ3v) is 5.38. The van der Waals surface area contributed by atoms with Gasteiger partial charge in [0.05, 0.1) is 11.1 Å². The number of anilines is 1. The Kier molecular flexibility index (Phi) is 3.69. The molecule has 0 aromatic heterocycles. The SMILES string of the molecule is CC1CC=C(c2ccc3c(c2)C2(CC2)C(=O)N3)N(C(=O)OC(C)(C)C)C1. The minimum Gasteiger partial charge on any atom is -0.443 e. The second-order valence-corrected chi connectivity index (χ2v) is 8.82. The molecular weight excluding hydrogens is 328 g/mol. The zero-order valence-corrected chi connectivity index (χ0v) is 15.9. The Labute approximate surface area is 154 Å². The maximum Gasteiger partial charge on any atom is 0.414 e. The van der Waals surface area contributed by atoms with Crippen molar-refractivity contribution in [3.8, 4) is 0 Å². The summed E-state index contributed by atoms with van der Waals surface area (Å²) in [6.07, 6.45) is 4.53. The van der Waals surface area contributed by atoms with E-state index in [9.17, 15) is 9.59 Å². The van der Waals surface area contributed by atoms with Crippen LogP contribution in [0, 0.1) is 5.92 Å². The average Bonchev–Trinajstić information content (AvgIpc) is 3.30. The highest BCUT2D eigenvalue weighted by Crippen LogP contribution is 2.55. The standard InChI is InChI=1S/C21H26N2O3/c1-13-5-8-17(23(12-13)19(25)26-20(2,3)4)14-6-7-16-15(11-14)21(9-10-21)18(24)22-16/h6-8,11,13H,5,9-10,12H2,1-4H3,(H,22,24). The van der Waals surface area contributed by atoms with E-state index in [4.69, 9.17) is 4.74 Å². The van der Waals surface area contributed by atoms with Gasteiger partial charge in [-0.15, -0.1) is 0 Å². The van der Waals surface area contributed by atoms with Crippen LogP contribution in [0.3, 0.4) is 0 Å². The van der Waals surface area contributed by atoms with Gasteiger partial charge in [-0.2, -0.15) is 0 Å². The number of fused-ring (bicyclic) bond motifs is 2. The first-order valence-corrected chi connectivity index (χ1v) is 9.37.